The Morgan fingerprint density at radius 3 is 2.55 bits per heavy atom. The predicted octanol–water partition coefficient (Wildman–Crippen LogP) is 2.97. The third-order valence-corrected chi connectivity index (χ3v) is 12.1. The summed E-state index contributed by atoms with van der Waals surface area (Å²) < 4.78 is 90.2. The second-order valence-electron chi connectivity index (χ2n) is 14.5. The number of hydrogen-bond donors (Lipinski definition) is 4. The van der Waals surface area contributed by atoms with Gasteiger partial charge in [-0.1, -0.05) is 25.0 Å². The number of nitrogens with one attached hydrogen (secondary N) is 4. The Hall–Kier alpha value is -5.14. The summed E-state index contributed by atoms with van der Waals surface area (Å²) in [4.78, 5) is 64.2. The highest BCUT2D eigenvalue weighted by Crippen LogP contribution is 2.46. The van der Waals surface area contributed by atoms with E-state index in [4.69, 9.17) is 4.74 Å². The van der Waals surface area contributed by atoms with E-state index in [1.54, 1.807) is 13.0 Å². The number of allylic oxidation sites excluding steroid dienone is 1. The van der Waals surface area contributed by atoms with Crippen molar-refractivity contribution in [2.24, 2.45) is 5.92 Å². The topological polar surface area (TPSA) is 205 Å². The lowest BCUT2D eigenvalue weighted by Gasteiger charge is -2.29. The van der Waals surface area contributed by atoms with Gasteiger partial charge >= 0.3 is 6.18 Å². The molecule has 3 fully saturated rings. The zero-order chi connectivity index (χ0) is 39.3. The van der Waals surface area contributed by atoms with E-state index in [9.17, 15) is 45.2 Å². The van der Waals surface area contributed by atoms with Gasteiger partial charge in [-0.05, 0) is 63.6 Å². The van der Waals surface area contributed by atoms with Crippen LogP contribution in [0.4, 0.5) is 17.6 Å². The second kappa shape index (κ2) is 14.5. The van der Waals surface area contributed by atoms with Gasteiger partial charge in [0.1, 0.15) is 35.2 Å². The van der Waals surface area contributed by atoms with Gasteiger partial charge in [0.2, 0.25) is 33.4 Å². The largest absolute Gasteiger partial charge is 0.471 e. The van der Waals surface area contributed by atoms with Gasteiger partial charge in [-0.25, -0.2) is 22.8 Å². The standard InChI is InChI=1S/C35H38F4N8O7S/c1-18-13-26(45-44-18)29(48)41-24-8-6-4-2-3-5-7-19-16-34(19,33(51)46-55(52,53)22-10-11-22)43-30(49)27-15-21(17-47(27)32(24)50)54-31-28(35(37,38)39)40-23-12-9-20(36)14-25(23)42-31/h5,7,9,12-14,19,21-22,24,27H,2-4,6,8,10-11,15-17H2,1H3,(H,41,48)(H,43,49)(H,44,45)(H,46,51)/b7-5-/t19-,21-,24+,27+,34-/m1/s1. The van der Waals surface area contributed by atoms with Crippen molar-refractivity contribution in [2.45, 2.75) is 99.9 Å². The summed E-state index contributed by atoms with van der Waals surface area (Å²) in [5, 5.41) is 11.2. The van der Waals surface area contributed by atoms with E-state index in [2.05, 4.69) is 35.5 Å². The normalized spacial score (nSPS) is 26.9. The van der Waals surface area contributed by atoms with Gasteiger partial charge in [0.25, 0.3) is 11.8 Å². The zero-order valence-electron chi connectivity index (χ0n) is 29.5. The molecule has 4 heterocycles. The van der Waals surface area contributed by atoms with Crippen molar-refractivity contribution < 1.29 is 49.9 Å². The molecule has 294 valence electrons. The number of sulfonamides is 1. The Balaban J connectivity index is 1.22. The lowest BCUT2D eigenvalue weighted by molar-refractivity contribution is -0.143. The monoisotopic (exact) mass is 790 g/mol. The third kappa shape index (κ3) is 8.13. The summed E-state index contributed by atoms with van der Waals surface area (Å²) in [7, 11) is -4.01. The molecule has 2 aromatic heterocycles. The number of amides is 4. The molecule has 20 heteroatoms. The lowest BCUT2D eigenvalue weighted by Crippen LogP contribution is -2.58. The highest BCUT2D eigenvalue weighted by Gasteiger charge is 2.62. The van der Waals surface area contributed by atoms with Crippen LogP contribution < -0.4 is 20.1 Å². The number of rotatable bonds is 7. The number of alkyl halides is 3. The Kier molecular flexibility index (Phi) is 10.1. The first-order valence-corrected chi connectivity index (χ1v) is 19.5. The van der Waals surface area contributed by atoms with Crippen LogP contribution in [0, 0.1) is 18.7 Å². The van der Waals surface area contributed by atoms with Crippen LogP contribution >= 0.6 is 0 Å². The van der Waals surface area contributed by atoms with Gasteiger partial charge in [-0.2, -0.15) is 18.3 Å². The Bertz CT molecular complexity index is 2180. The molecule has 0 spiro atoms. The van der Waals surface area contributed by atoms with Crippen LogP contribution in [0.1, 0.15) is 79.7 Å². The minimum Gasteiger partial charge on any atom is -0.471 e. The summed E-state index contributed by atoms with van der Waals surface area (Å²) >= 11 is 0. The SMILES string of the molecule is Cc1cc(C(=O)N[C@H]2CCCCC/C=C\[C@@H]3C[C@@]3(C(=O)NS(=O)(=O)C3CC3)NC(=O)[C@@H]3C[C@@H](Oc4nc5cc(F)ccc5nc4C(F)(F)F)CN3C2=O)[nH]n1. The molecular formula is C35H38F4N8O7S. The molecular weight excluding hydrogens is 752 g/mol. The van der Waals surface area contributed by atoms with Crippen LogP contribution in [0.5, 0.6) is 5.88 Å². The minimum atomic E-state index is -5.06. The summed E-state index contributed by atoms with van der Waals surface area (Å²) in [5.74, 6) is -5.59. The summed E-state index contributed by atoms with van der Waals surface area (Å²) in [5.41, 5.74) is -3.09. The van der Waals surface area contributed by atoms with Gasteiger partial charge in [0.05, 0.1) is 28.5 Å². The molecule has 2 aliphatic carbocycles. The van der Waals surface area contributed by atoms with Crippen molar-refractivity contribution in [3.8, 4) is 5.88 Å². The molecule has 0 bridgehead atoms. The first-order chi connectivity index (χ1) is 26.0. The van der Waals surface area contributed by atoms with Gasteiger partial charge in [0.15, 0.2) is 0 Å². The fraction of sp³-hybridized carbons (Fsp3) is 0.514. The quantitative estimate of drug-likeness (QED) is 0.204. The number of benzene rings is 1. The molecule has 15 nitrogen and oxygen atoms in total. The number of carbonyl (C=O) groups excluding carboxylic acids is 4. The lowest BCUT2D eigenvalue weighted by atomic mass is 10.0. The number of aromatic amines is 1. The molecule has 1 saturated heterocycles. The number of carbonyl (C=O) groups is 4. The molecule has 4 amide bonds. The molecule has 2 aliphatic heterocycles. The van der Waals surface area contributed by atoms with E-state index < -0.39 is 105 Å². The van der Waals surface area contributed by atoms with Crippen molar-refractivity contribution in [3.05, 3.63) is 59.3 Å². The summed E-state index contributed by atoms with van der Waals surface area (Å²) in [6, 6.07) is 1.67. The van der Waals surface area contributed by atoms with Crippen LogP contribution in [-0.2, 0) is 30.6 Å². The van der Waals surface area contributed by atoms with Crippen LogP contribution in [0.25, 0.3) is 11.0 Å². The zero-order valence-corrected chi connectivity index (χ0v) is 30.3. The van der Waals surface area contributed by atoms with Crippen molar-refractivity contribution >= 4 is 44.7 Å². The molecule has 1 aromatic carbocycles. The third-order valence-electron chi connectivity index (χ3n) is 10.2. The van der Waals surface area contributed by atoms with Gasteiger partial charge < -0.3 is 20.3 Å². The molecule has 3 aromatic rings. The number of aromatic nitrogens is 4. The molecule has 0 unspecified atom stereocenters. The molecule has 2 saturated carbocycles. The maximum atomic E-state index is 14.4. The van der Waals surface area contributed by atoms with Gasteiger partial charge in [-0.3, -0.25) is 29.0 Å². The van der Waals surface area contributed by atoms with Crippen molar-refractivity contribution in [3.63, 3.8) is 0 Å². The van der Waals surface area contributed by atoms with E-state index in [1.807, 2.05) is 6.08 Å². The Labute approximate surface area is 312 Å². The highest BCUT2D eigenvalue weighted by atomic mass is 32.2. The fourth-order valence-electron chi connectivity index (χ4n) is 7.06. The van der Waals surface area contributed by atoms with Crippen molar-refractivity contribution in [1.82, 2.24) is 40.4 Å². The number of H-pyrrole nitrogens is 1. The van der Waals surface area contributed by atoms with Crippen LogP contribution in [0.2, 0.25) is 0 Å². The summed E-state index contributed by atoms with van der Waals surface area (Å²) in [6.07, 6.45) is 0.183. The van der Waals surface area contributed by atoms with E-state index >= 15 is 0 Å². The maximum absolute atomic E-state index is 14.4. The Morgan fingerprint density at radius 1 is 1.05 bits per heavy atom. The number of fused-ring (bicyclic) bond motifs is 3. The molecule has 5 atom stereocenters. The fourth-order valence-corrected chi connectivity index (χ4v) is 8.42. The van der Waals surface area contributed by atoms with Crippen LogP contribution in [0.3, 0.4) is 0 Å². The first kappa shape index (κ1) is 38.1. The molecule has 4 N–H and O–H groups in total. The predicted molar refractivity (Wildman–Crippen MR) is 185 cm³/mol. The molecule has 7 rings (SSSR count). The van der Waals surface area contributed by atoms with Crippen molar-refractivity contribution in [2.75, 3.05) is 6.54 Å². The van der Waals surface area contributed by atoms with Gasteiger partial charge in [0, 0.05) is 18.4 Å². The smallest absolute Gasteiger partial charge is 0.438 e. The minimum absolute atomic E-state index is 0.0579. The van der Waals surface area contributed by atoms with Crippen molar-refractivity contribution in [1.29, 1.82) is 0 Å². The van der Waals surface area contributed by atoms with E-state index in [0.717, 1.165) is 23.1 Å². The second-order valence-corrected chi connectivity index (χ2v) is 16.4. The Morgan fingerprint density at radius 2 is 1.84 bits per heavy atom. The highest BCUT2D eigenvalue weighted by molar-refractivity contribution is 7.91. The van der Waals surface area contributed by atoms with E-state index in [-0.39, 0.29) is 29.6 Å². The molecule has 4 aliphatic rings. The summed E-state index contributed by atoms with van der Waals surface area (Å²) in [6.45, 7) is 1.20. The van der Waals surface area contributed by atoms with Crippen LogP contribution in [-0.4, -0.2) is 92.6 Å². The number of aryl methyl sites for hydroxylation is 1. The van der Waals surface area contributed by atoms with Crippen LogP contribution in [0.15, 0.2) is 36.4 Å². The number of hydrogen-bond acceptors (Lipinski definition) is 10. The molecule has 0 radical (unpaired) electrons. The molecule has 55 heavy (non-hydrogen) atoms. The average molecular weight is 791 g/mol. The number of nitrogens with zero attached hydrogens (tertiary/aromatic N) is 4. The first-order valence-electron chi connectivity index (χ1n) is 17.9. The van der Waals surface area contributed by atoms with E-state index in [0.29, 0.717) is 44.2 Å². The van der Waals surface area contributed by atoms with Gasteiger partial charge in [-0.15, -0.1) is 0 Å². The maximum Gasteiger partial charge on any atom is 0.438 e. The number of ether oxygens (including phenoxy) is 1. The van der Waals surface area contributed by atoms with E-state index in [1.165, 1.54) is 6.07 Å². The number of halogens is 4. The average Bonchev–Trinajstić information content (AvgIpc) is 4.01.